The van der Waals surface area contributed by atoms with E-state index in [0.717, 1.165) is 49.8 Å². The van der Waals surface area contributed by atoms with Crippen LogP contribution >= 0.6 is 11.8 Å². The first-order valence-electron chi connectivity index (χ1n) is 7.66. The van der Waals surface area contributed by atoms with Crippen molar-refractivity contribution in [2.45, 2.75) is 49.5 Å². The van der Waals surface area contributed by atoms with Crippen molar-refractivity contribution in [3.8, 4) is 6.07 Å². The van der Waals surface area contributed by atoms with Crippen LogP contribution in [0.25, 0.3) is 0 Å². The summed E-state index contributed by atoms with van der Waals surface area (Å²) in [4.78, 5) is 15.5. The molecule has 2 aliphatic rings. The van der Waals surface area contributed by atoms with E-state index in [1.165, 1.54) is 17.3 Å². The molecule has 1 N–H and O–H groups in total. The van der Waals surface area contributed by atoms with E-state index in [-0.39, 0.29) is 5.75 Å². The average Bonchev–Trinajstić information content (AvgIpc) is 3.00. The Kier molecular flexibility index (Phi) is 4.49. The highest BCUT2D eigenvalue weighted by Gasteiger charge is 2.28. The lowest BCUT2D eigenvalue weighted by Gasteiger charge is -2.23. The van der Waals surface area contributed by atoms with Crippen LogP contribution in [0.3, 0.4) is 0 Å². The van der Waals surface area contributed by atoms with Crippen LogP contribution in [-0.2, 0) is 17.6 Å². The van der Waals surface area contributed by atoms with E-state index < -0.39 is 5.97 Å². The zero-order chi connectivity index (χ0) is 15.5. The van der Waals surface area contributed by atoms with Gasteiger partial charge in [0.2, 0.25) is 0 Å². The van der Waals surface area contributed by atoms with E-state index in [1.807, 2.05) is 0 Å². The summed E-state index contributed by atoms with van der Waals surface area (Å²) in [5.74, 6) is -0.554. The van der Waals surface area contributed by atoms with Crippen LogP contribution in [0.1, 0.15) is 54.0 Å². The lowest BCUT2D eigenvalue weighted by atomic mass is 9.83. The topological polar surface area (TPSA) is 74.0 Å². The standard InChI is InChI=1S/C17H18N2O2S/c18-9-13-16(11-5-2-1-3-6-11)12-7-4-8-14(12)19-17(13)22-10-15(20)21/h1-2,11H,3-8,10H2,(H,20,21). The summed E-state index contributed by atoms with van der Waals surface area (Å²) in [6, 6.07) is 2.31. The summed E-state index contributed by atoms with van der Waals surface area (Å²) in [5.41, 5.74) is 4.11. The Labute approximate surface area is 134 Å². The van der Waals surface area contributed by atoms with E-state index in [2.05, 4.69) is 23.2 Å². The largest absolute Gasteiger partial charge is 0.481 e. The van der Waals surface area contributed by atoms with Crippen LogP contribution in [-0.4, -0.2) is 21.8 Å². The van der Waals surface area contributed by atoms with Crippen molar-refractivity contribution in [3.05, 3.63) is 34.5 Å². The summed E-state index contributed by atoms with van der Waals surface area (Å²) in [5, 5.41) is 19.2. The number of thioether (sulfide) groups is 1. The molecule has 4 nitrogen and oxygen atoms in total. The minimum Gasteiger partial charge on any atom is -0.481 e. The van der Waals surface area contributed by atoms with Crippen molar-refractivity contribution in [3.63, 3.8) is 0 Å². The van der Waals surface area contributed by atoms with Crippen LogP contribution in [0.2, 0.25) is 0 Å². The fourth-order valence-electron chi connectivity index (χ4n) is 3.43. The number of allylic oxidation sites excluding steroid dienone is 2. The van der Waals surface area contributed by atoms with E-state index in [4.69, 9.17) is 5.11 Å². The van der Waals surface area contributed by atoms with Crippen LogP contribution in [0.4, 0.5) is 0 Å². The van der Waals surface area contributed by atoms with Crippen molar-refractivity contribution >= 4 is 17.7 Å². The first-order chi connectivity index (χ1) is 10.7. The van der Waals surface area contributed by atoms with Gasteiger partial charge in [0, 0.05) is 5.69 Å². The van der Waals surface area contributed by atoms with Gasteiger partial charge >= 0.3 is 5.97 Å². The molecular formula is C17H18N2O2S. The first-order valence-corrected chi connectivity index (χ1v) is 8.64. The highest BCUT2D eigenvalue weighted by molar-refractivity contribution is 7.99. The summed E-state index contributed by atoms with van der Waals surface area (Å²) >= 11 is 1.17. The van der Waals surface area contributed by atoms with Crippen LogP contribution in [0.5, 0.6) is 0 Å². The van der Waals surface area contributed by atoms with Crippen LogP contribution < -0.4 is 0 Å². The number of rotatable bonds is 4. The second-order valence-electron chi connectivity index (χ2n) is 5.76. The Morgan fingerprint density at radius 1 is 1.45 bits per heavy atom. The van der Waals surface area contributed by atoms with Crippen molar-refractivity contribution in [2.24, 2.45) is 0 Å². The second kappa shape index (κ2) is 6.53. The Hall–Kier alpha value is -1.80. The van der Waals surface area contributed by atoms with E-state index >= 15 is 0 Å². The number of hydrogen-bond acceptors (Lipinski definition) is 4. The maximum Gasteiger partial charge on any atom is 0.313 e. The fraction of sp³-hybridized carbons (Fsp3) is 0.471. The van der Waals surface area contributed by atoms with Crippen LogP contribution in [0, 0.1) is 11.3 Å². The molecule has 0 bridgehead atoms. The van der Waals surface area contributed by atoms with Gasteiger partial charge in [0.1, 0.15) is 11.1 Å². The molecule has 2 aliphatic carbocycles. The fourth-order valence-corrected chi connectivity index (χ4v) is 4.17. The molecule has 5 heteroatoms. The van der Waals surface area contributed by atoms with Gasteiger partial charge in [-0.3, -0.25) is 4.79 Å². The monoisotopic (exact) mass is 314 g/mol. The third-order valence-electron chi connectivity index (χ3n) is 4.36. The predicted octanol–water partition coefficient (Wildman–Crippen LogP) is 3.44. The molecule has 1 aromatic rings. The number of carboxylic acid groups (broad SMARTS) is 1. The number of aliphatic carboxylic acids is 1. The predicted molar refractivity (Wildman–Crippen MR) is 85.1 cm³/mol. The number of carbonyl (C=O) groups is 1. The van der Waals surface area contributed by atoms with Gasteiger partial charge in [0.05, 0.1) is 11.3 Å². The molecule has 22 heavy (non-hydrogen) atoms. The summed E-state index contributed by atoms with van der Waals surface area (Å²) < 4.78 is 0. The average molecular weight is 314 g/mol. The SMILES string of the molecule is N#Cc1c(SCC(=O)O)nc2c(c1C1CC=CCC1)CCC2. The third kappa shape index (κ3) is 2.89. The minimum atomic E-state index is -0.877. The highest BCUT2D eigenvalue weighted by atomic mass is 32.2. The Morgan fingerprint density at radius 2 is 2.32 bits per heavy atom. The molecular weight excluding hydrogens is 296 g/mol. The van der Waals surface area contributed by atoms with E-state index in [0.29, 0.717) is 16.5 Å². The van der Waals surface area contributed by atoms with Crippen LogP contribution in [0.15, 0.2) is 17.2 Å². The minimum absolute atomic E-state index is 0.0511. The number of nitrogens with zero attached hydrogens (tertiary/aromatic N) is 2. The highest BCUT2D eigenvalue weighted by Crippen LogP contribution is 2.40. The summed E-state index contributed by atoms with van der Waals surface area (Å²) in [6.45, 7) is 0. The van der Waals surface area contributed by atoms with Gasteiger partial charge < -0.3 is 5.11 Å². The Morgan fingerprint density at radius 3 is 3.00 bits per heavy atom. The first kappa shape index (κ1) is 15.1. The third-order valence-corrected chi connectivity index (χ3v) is 5.32. The van der Waals surface area contributed by atoms with Gasteiger partial charge in [-0.15, -0.1) is 0 Å². The quantitative estimate of drug-likeness (QED) is 0.680. The van der Waals surface area contributed by atoms with E-state index in [1.54, 1.807) is 0 Å². The number of aromatic nitrogens is 1. The van der Waals surface area contributed by atoms with Gasteiger partial charge in [-0.25, -0.2) is 4.98 Å². The molecule has 1 heterocycles. The second-order valence-corrected chi connectivity index (χ2v) is 6.72. The molecule has 1 unspecified atom stereocenters. The normalized spacial score (nSPS) is 19.7. The zero-order valence-electron chi connectivity index (χ0n) is 12.3. The molecule has 1 atom stereocenters. The van der Waals surface area contributed by atoms with Crippen molar-refractivity contribution in [2.75, 3.05) is 5.75 Å². The molecule has 0 aromatic carbocycles. The maximum absolute atomic E-state index is 10.9. The van der Waals surface area contributed by atoms with Gasteiger partial charge in [-0.1, -0.05) is 23.9 Å². The summed E-state index contributed by atoms with van der Waals surface area (Å²) in [7, 11) is 0. The van der Waals surface area contributed by atoms with Crippen molar-refractivity contribution in [1.29, 1.82) is 5.26 Å². The van der Waals surface area contributed by atoms with Gasteiger partial charge in [-0.2, -0.15) is 5.26 Å². The lowest BCUT2D eigenvalue weighted by molar-refractivity contribution is -0.133. The molecule has 0 aliphatic heterocycles. The van der Waals surface area contributed by atoms with Gasteiger partial charge in [0.25, 0.3) is 0 Å². The number of aryl methyl sites for hydroxylation is 1. The molecule has 114 valence electrons. The smallest absolute Gasteiger partial charge is 0.313 e. The zero-order valence-corrected chi connectivity index (χ0v) is 13.2. The van der Waals surface area contributed by atoms with E-state index in [9.17, 15) is 10.1 Å². The molecule has 0 saturated heterocycles. The number of nitriles is 1. The molecule has 3 rings (SSSR count). The molecule has 0 radical (unpaired) electrons. The van der Waals surface area contributed by atoms with Gasteiger partial charge in [0.15, 0.2) is 0 Å². The summed E-state index contributed by atoms with van der Waals surface area (Å²) in [6.07, 6.45) is 10.5. The lowest BCUT2D eigenvalue weighted by Crippen LogP contribution is -2.11. The van der Waals surface area contributed by atoms with Crippen molar-refractivity contribution in [1.82, 2.24) is 4.98 Å². The molecule has 0 saturated carbocycles. The number of pyridine rings is 1. The molecule has 1 aromatic heterocycles. The Balaban J connectivity index is 2.07. The number of fused-ring (bicyclic) bond motifs is 1. The van der Waals surface area contributed by atoms with Gasteiger partial charge in [-0.05, 0) is 55.6 Å². The Bertz CT molecular complexity index is 676. The molecule has 0 fully saturated rings. The molecule has 0 spiro atoms. The molecule has 0 amide bonds. The number of carboxylic acids is 1. The number of hydrogen-bond donors (Lipinski definition) is 1. The maximum atomic E-state index is 10.9. The van der Waals surface area contributed by atoms with Crippen molar-refractivity contribution < 1.29 is 9.90 Å².